The highest BCUT2D eigenvalue weighted by molar-refractivity contribution is 5.28. The molecule has 1 heterocycles. The van der Waals surface area contributed by atoms with Gasteiger partial charge in [-0.2, -0.15) is 0 Å². The van der Waals surface area contributed by atoms with Crippen molar-refractivity contribution in [3.05, 3.63) is 47.9 Å². The first-order valence-corrected chi connectivity index (χ1v) is 4.73. The van der Waals surface area contributed by atoms with Gasteiger partial charge in [-0.3, -0.25) is 4.98 Å². The van der Waals surface area contributed by atoms with Crippen LogP contribution in [0.15, 0.2) is 30.6 Å². The molecule has 0 unspecified atom stereocenters. The van der Waals surface area contributed by atoms with Gasteiger partial charge < -0.3 is 9.84 Å². The molecule has 2 rings (SSSR count). The molecule has 17 heavy (non-hydrogen) atoms. The van der Waals surface area contributed by atoms with E-state index in [0.717, 1.165) is 12.1 Å². The number of aromatic nitrogens is 2. The van der Waals surface area contributed by atoms with Crippen LogP contribution < -0.4 is 4.74 Å². The molecule has 1 N–H and O–H groups in total. The molecular weight excluding hydrogens is 230 g/mol. The van der Waals surface area contributed by atoms with Crippen molar-refractivity contribution < 1.29 is 18.6 Å². The van der Waals surface area contributed by atoms with E-state index in [-0.39, 0.29) is 18.2 Å². The molecule has 88 valence electrons. The largest absolute Gasteiger partial charge is 0.434 e. The molecule has 0 radical (unpaired) electrons. The van der Waals surface area contributed by atoms with Crippen molar-refractivity contribution in [2.24, 2.45) is 0 Å². The van der Waals surface area contributed by atoms with Crippen LogP contribution in [0.2, 0.25) is 0 Å². The number of benzene rings is 1. The van der Waals surface area contributed by atoms with Crippen molar-refractivity contribution >= 4 is 0 Å². The van der Waals surface area contributed by atoms with E-state index in [1.807, 2.05) is 0 Å². The Morgan fingerprint density at radius 1 is 1.18 bits per heavy atom. The minimum atomic E-state index is -0.821. The minimum Gasteiger partial charge on any atom is -0.434 e. The summed E-state index contributed by atoms with van der Waals surface area (Å²) in [6.07, 6.45) is 2.55. The fourth-order valence-corrected chi connectivity index (χ4v) is 1.15. The molecule has 0 amide bonds. The van der Waals surface area contributed by atoms with Crippen LogP contribution in [-0.2, 0) is 6.61 Å². The maximum atomic E-state index is 13.2. The Morgan fingerprint density at radius 3 is 2.59 bits per heavy atom. The van der Waals surface area contributed by atoms with Crippen LogP contribution in [0.4, 0.5) is 8.78 Å². The van der Waals surface area contributed by atoms with Gasteiger partial charge in [0.2, 0.25) is 5.88 Å². The van der Waals surface area contributed by atoms with Crippen molar-refractivity contribution in [3.63, 3.8) is 0 Å². The van der Waals surface area contributed by atoms with Gasteiger partial charge in [0.05, 0.1) is 24.7 Å². The highest BCUT2D eigenvalue weighted by atomic mass is 19.1. The third-order valence-corrected chi connectivity index (χ3v) is 1.95. The fourth-order valence-electron chi connectivity index (χ4n) is 1.15. The first-order chi connectivity index (χ1) is 8.19. The zero-order valence-corrected chi connectivity index (χ0v) is 8.60. The van der Waals surface area contributed by atoms with Crippen molar-refractivity contribution in [2.45, 2.75) is 6.61 Å². The fraction of sp³-hybridized carbons (Fsp3) is 0.0909. The Balaban J connectivity index is 2.19. The molecule has 0 saturated heterocycles. The van der Waals surface area contributed by atoms with Crippen LogP contribution in [0.3, 0.4) is 0 Å². The molecule has 0 saturated carbocycles. The quantitative estimate of drug-likeness (QED) is 0.889. The zero-order valence-electron chi connectivity index (χ0n) is 8.60. The Hall–Kier alpha value is -2.08. The molecule has 0 aliphatic carbocycles. The van der Waals surface area contributed by atoms with E-state index in [9.17, 15) is 8.78 Å². The van der Waals surface area contributed by atoms with Gasteiger partial charge in [0, 0.05) is 6.07 Å². The van der Waals surface area contributed by atoms with Crippen LogP contribution in [-0.4, -0.2) is 15.1 Å². The van der Waals surface area contributed by atoms with Crippen molar-refractivity contribution in [3.8, 4) is 11.6 Å². The third kappa shape index (κ3) is 2.73. The van der Waals surface area contributed by atoms with Crippen LogP contribution >= 0.6 is 0 Å². The summed E-state index contributed by atoms with van der Waals surface area (Å²) in [5, 5.41) is 8.75. The minimum absolute atomic E-state index is 0.0627. The molecule has 0 spiro atoms. The standard InChI is InChI=1S/C11H8F2N2O2/c12-7-1-2-10(9(13)3-7)17-11-5-14-8(6-16)4-15-11/h1-5,16H,6H2. The van der Waals surface area contributed by atoms with Gasteiger partial charge in [-0.15, -0.1) is 0 Å². The van der Waals surface area contributed by atoms with Crippen molar-refractivity contribution in [1.29, 1.82) is 0 Å². The van der Waals surface area contributed by atoms with E-state index >= 15 is 0 Å². The van der Waals surface area contributed by atoms with Crippen LogP contribution in [0.25, 0.3) is 0 Å². The van der Waals surface area contributed by atoms with Crippen molar-refractivity contribution in [2.75, 3.05) is 0 Å². The molecule has 1 aromatic heterocycles. The molecule has 6 heteroatoms. The molecule has 0 fully saturated rings. The molecule has 1 aromatic carbocycles. The van der Waals surface area contributed by atoms with E-state index < -0.39 is 11.6 Å². The topological polar surface area (TPSA) is 55.2 Å². The van der Waals surface area contributed by atoms with E-state index in [1.54, 1.807) is 0 Å². The first kappa shape index (κ1) is 11.4. The van der Waals surface area contributed by atoms with E-state index in [0.29, 0.717) is 11.8 Å². The number of hydrogen-bond donors (Lipinski definition) is 1. The van der Waals surface area contributed by atoms with Crippen molar-refractivity contribution in [1.82, 2.24) is 9.97 Å². The number of rotatable bonds is 3. The van der Waals surface area contributed by atoms with Gasteiger partial charge in [0.15, 0.2) is 11.6 Å². The lowest BCUT2D eigenvalue weighted by atomic mass is 10.3. The van der Waals surface area contributed by atoms with E-state index in [2.05, 4.69) is 9.97 Å². The van der Waals surface area contributed by atoms with E-state index in [4.69, 9.17) is 9.84 Å². The summed E-state index contributed by atoms with van der Waals surface area (Å²) >= 11 is 0. The lowest BCUT2D eigenvalue weighted by Crippen LogP contribution is -1.95. The predicted molar refractivity (Wildman–Crippen MR) is 54.4 cm³/mol. The first-order valence-electron chi connectivity index (χ1n) is 4.73. The monoisotopic (exact) mass is 238 g/mol. The maximum absolute atomic E-state index is 13.2. The number of halogens is 2. The average Bonchev–Trinajstić information content (AvgIpc) is 2.34. The molecule has 0 aliphatic heterocycles. The van der Waals surface area contributed by atoms with Crippen LogP contribution in [0, 0.1) is 11.6 Å². The number of nitrogens with zero attached hydrogens (tertiary/aromatic N) is 2. The number of aliphatic hydroxyl groups is 1. The number of aliphatic hydroxyl groups excluding tert-OH is 1. The summed E-state index contributed by atoms with van der Waals surface area (Å²) in [7, 11) is 0. The summed E-state index contributed by atoms with van der Waals surface area (Å²) in [5.74, 6) is -1.58. The van der Waals surface area contributed by atoms with Gasteiger partial charge in [-0.1, -0.05) is 0 Å². The average molecular weight is 238 g/mol. The Morgan fingerprint density at radius 2 is 2.00 bits per heavy atom. The van der Waals surface area contributed by atoms with Gasteiger partial charge in [-0.25, -0.2) is 13.8 Å². The van der Waals surface area contributed by atoms with Gasteiger partial charge in [0.1, 0.15) is 5.82 Å². The lowest BCUT2D eigenvalue weighted by molar-refractivity contribution is 0.275. The molecule has 0 atom stereocenters. The second-order valence-electron chi connectivity index (χ2n) is 3.18. The Bertz CT molecular complexity index is 517. The van der Waals surface area contributed by atoms with Gasteiger partial charge >= 0.3 is 0 Å². The Kier molecular flexibility index (Phi) is 3.24. The molecule has 0 aliphatic rings. The summed E-state index contributed by atoms with van der Waals surface area (Å²) in [4.78, 5) is 7.61. The number of hydrogen-bond acceptors (Lipinski definition) is 4. The number of ether oxygens (including phenoxy) is 1. The highest BCUT2D eigenvalue weighted by Crippen LogP contribution is 2.22. The molecule has 2 aromatic rings. The summed E-state index contributed by atoms with van der Waals surface area (Å²) in [6, 6.07) is 2.95. The van der Waals surface area contributed by atoms with Gasteiger partial charge in [-0.05, 0) is 12.1 Å². The zero-order chi connectivity index (χ0) is 12.3. The van der Waals surface area contributed by atoms with E-state index in [1.165, 1.54) is 12.4 Å². The molecule has 4 nitrogen and oxygen atoms in total. The summed E-state index contributed by atoms with van der Waals surface area (Å²) in [6.45, 7) is -0.238. The molecule has 0 bridgehead atoms. The second-order valence-corrected chi connectivity index (χ2v) is 3.18. The van der Waals surface area contributed by atoms with Crippen LogP contribution in [0.1, 0.15) is 5.69 Å². The SMILES string of the molecule is OCc1cnc(Oc2ccc(F)cc2F)cn1. The summed E-state index contributed by atoms with van der Waals surface area (Å²) in [5.41, 5.74) is 0.372. The normalized spacial score (nSPS) is 10.3. The smallest absolute Gasteiger partial charge is 0.237 e. The predicted octanol–water partition coefficient (Wildman–Crippen LogP) is 2.04. The second kappa shape index (κ2) is 4.84. The van der Waals surface area contributed by atoms with Gasteiger partial charge in [0.25, 0.3) is 0 Å². The maximum Gasteiger partial charge on any atom is 0.237 e. The molecular formula is C11H8F2N2O2. The Labute approximate surface area is 95.5 Å². The lowest BCUT2D eigenvalue weighted by Gasteiger charge is -2.05. The van der Waals surface area contributed by atoms with Crippen LogP contribution in [0.5, 0.6) is 11.6 Å². The summed E-state index contributed by atoms with van der Waals surface area (Å²) < 4.78 is 30.9. The highest BCUT2D eigenvalue weighted by Gasteiger charge is 2.07. The third-order valence-electron chi connectivity index (χ3n) is 1.95.